The minimum Gasteiger partial charge on any atom is -0.481 e. The number of aliphatic carboxylic acids is 1. The van der Waals surface area contributed by atoms with Crippen molar-refractivity contribution in [3.63, 3.8) is 0 Å². The molecule has 0 radical (unpaired) electrons. The second kappa shape index (κ2) is 8.97. The molecule has 0 aromatic heterocycles. The van der Waals surface area contributed by atoms with Crippen LogP contribution in [0.4, 0.5) is 0 Å². The summed E-state index contributed by atoms with van der Waals surface area (Å²) in [5, 5.41) is 11.7. The van der Waals surface area contributed by atoms with E-state index in [9.17, 15) is 14.4 Å². The number of carboxylic acids is 1. The van der Waals surface area contributed by atoms with Crippen molar-refractivity contribution in [1.29, 1.82) is 0 Å². The average Bonchev–Trinajstić information content (AvgIpc) is 2.49. The molecule has 0 saturated heterocycles. The summed E-state index contributed by atoms with van der Waals surface area (Å²) in [5.41, 5.74) is 0.582. The Morgan fingerprint density at radius 3 is 2.27 bits per heavy atom. The molecule has 1 atom stereocenters. The van der Waals surface area contributed by atoms with Gasteiger partial charge in [-0.3, -0.25) is 14.4 Å². The van der Waals surface area contributed by atoms with E-state index in [-0.39, 0.29) is 37.0 Å². The lowest BCUT2D eigenvalue weighted by Gasteiger charge is -2.15. The Morgan fingerprint density at radius 2 is 1.73 bits per heavy atom. The largest absolute Gasteiger partial charge is 0.481 e. The van der Waals surface area contributed by atoms with E-state index in [0.717, 1.165) is 0 Å². The van der Waals surface area contributed by atoms with Gasteiger partial charge < -0.3 is 10.4 Å². The number of carbonyl (C=O) groups excluding carboxylic acids is 2. The summed E-state index contributed by atoms with van der Waals surface area (Å²) in [4.78, 5) is 34.7. The lowest BCUT2D eigenvalue weighted by molar-refractivity contribution is -0.142. The predicted molar refractivity (Wildman–Crippen MR) is 83.6 cm³/mol. The molecule has 0 heterocycles. The second-order valence-corrected chi connectivity index (χ2v) is 5.76. The highest BCUT2D eigenvalue weighted by Crippen LogP contribution is 2.11. The predicted octanol–water partition coefficient (Wildman–Crippen LogP) is 2.51. The van der Waals surface area contributed by atoms with Crippen LogP contribution in [0.5, 0.6) is 0 Å². The molecule has 120 valence electrons. The van der Waals surface area contributed by atoms with Crippen LogP contribution in [0.25, 0.3) is 0 Å². The first-order valence-electron chi connectivity index (χ1n) is 7.48. The number of benzene rings is 1. The number of ketones is 1. The van der Waals surface area contributed by atoms with E-state index in [1.807, 2.05) is 19.9 Å². The molecule has 0 aliphatic heterocycles. The highest BCUT2D eigenvalue weighted by molar-refractivity contribution is 5.97. The molecule has 1 aromatic carbocycles. The molecule has 0 fully saturated rings. The van der Waals surface area contributed by atoms with E-state index in [0.29, 0.717) is 12.0 Å². The topological polar surface area (TPSA) is 83.5 Å². The number of Topliss-reactive ketones (excluding diaryl/α,β-unsaturated/α-hetero) is 1. The Kier molecular flexibility index (Phi) is 7.29. The maximum absolute atomic E-state index is 11.9. The van der Waals surface area contributed by atoms with E-state index in [1.165, 1.54) is 0 Å². The molecule has 1 amide bonds. The van der Waals surface area contributed by atoms with Gasteiger partial charge in [0.25, 0.3) is 0 Å². The molecule has 0 aliphatic carbocycles. The summed E-state index contributed by atoms with van der Waals surface area (Å²) >= 11 is 0. The van der Waals surface area contributed by atoms with Crippen molar-refractivity contribution >= 4 is 17.7 Å². The van der Waals surface area contributed by atoms with Crippen LogP contribution in [0, 0.1) is 11.8 Å². The Labute approximate surface area is 130 Å². The molecule has 1 rings (SSSR count). The van der Waals surface area contributed by atoms with Gasteiger partial charge in [0.05, 0.1) is 5.92 Å². The van der Waals surface area contributed by atoms with Gasteiger partial charge >= 0.3 is 5.97 Å². The van der Waals surface area contributed by atoms with E-state index in [2.05, 4.69) is 5.32 Å². The molecule has 5 nitrogen and oxygen atoms in total. The summed E-state index contributed by atoms with van der Waals surface area (Å²) in [7, 11) is 0. The molecule has 0 aliphatic rings. The molecule has 1 aromatic rings. The molecule has 5 heteroatoms. The van der Waals surface area contributed by atoms with Crippen LogP contribution in [0.15, 0.2) is 30.3 Å². The standard InChI is InChI=1S/C17H23NO4/c1-12(2)10-14(17(21)22)11-18-16(20)9-8-15(19)13-6-4-3-5-7-13/h3-7,12,14H,8-11H2,1-2H3,(H,18,20)(H,21,22). The van der Waals surface area contributed by atoms with Gasteiger partial charge in [-0.25, -0.2) is 0 Å². The van der Waals surface area contributed by atoms with E-state index in [4.69, 9.17) is 5.11 Å². The maximum atomic E-state index is 11.9. The highest BCUT2D eigenvalue weighted by atomic mass is 16.4. The van der Waals surface area contributed by atoms with Gasteiger partial charge in [0.15, 0.2) is 5.78 Å². The van der Waals surface area contributed by atoms with Gasteiger partial charge in [0.1, 0.15) is 0 Å². The van der Waals surface area contributed by atoms with E-state index in [1.54, 1.807) is 24.3 Å². The van der Waals surface area contributed by atoms with Gasteiger partial charge in [-0.15, -0.1) is 0 Å². The molecule has 1 unspecified atom stereocenters. The fourth-order valence-electron chi connectivity index (χ4n) is 2.16. The fourth-order valence-corrected chi connectivity index (χ4v) is 2.16. The van der Waals surface area contributed by atoms with Crippen molar-refractivity contribution in [2.24, 2.45) is 11.8 Å². The number of carboxylic acid groups (broad SMARTS) is 1. The zero-order valence-corrected chi connectivity index (χ0v) is 13.0. The summed E-state index contributed by atoms with van der Waals surface area (Å²) in [6.07, 6.45) is 0.706. The number of rotatable bonds is 9. The van der Waals surface area contributed by atoms with Crippen molar-refractivity contribution in [3.8, 4) is 0 Å². The number of hydrogen-bond acceptors (Lipinski definition) is 3. The number of nitrogens with one attached hydrogen (secondary N) is 1. The van der Waals surface area contributed by atoms with Crippen LogP contribution in [-0.4, -0.2) is 29.3 Å². The summed E-state index contributed by atoms with van der Waals surface area (Å²) in [5.74, 6) is -1.63. The van der Waals surface area contributed by atoms with Crippen LogP contribution in [0.2, 0.25) is 0 Å². The van der Waals surface area contributed by atoms with Gasteiger partial charge in [-0.1, -0.05) is 44.2 Å². The first kappa shape index (κ1) is 17.9. The number of carbonyl (C=O) groups is 3. The molecule has 2 N–H and O–H groups in total. The third kappa shape index (κ3) is 6.52. The van der Waals surface area contributed by atoms with Crippen molar-refractivity contribution in [1.82, 2.24) is 5.32 Å². The van der Waals surface area contributed by atoms with Gasteiger partial charge in [0, 0.05) is 24.9 Å². The van der Waals surface area contributed by atoms with Gasteiger partial charge in [-0.05, 0) is 12.3 Å². The quantitative estimate of drug-likeness (QED) is 0.687. The molecule has 22 heavy (non-hydrogen) atoms. The molecular weight excluding hydrogens is 282 g/mol. The normalized spacial score (nSPS) is 12.0. The Hall–Kier alpha value is -2.17. The van der Waals surface area contributed by atoms with Crippen molar-refractivity contribution in [2.45, 2.75) is 33.1 Å². The minimum atomic E-state index is -0.908. The van der Waals surface area contributed by atoms with Gasteiger partial charge in [-0.2, -0.15) is 0 Å². The lowest BCUT2D eigenvalue weighted by Crippen LogP contribution is -2.33. The smallest absolute Gasteiger partial charge is 0.308 e. The minimum absolute atomic E-state index is 0.0712. The Balaban J connectivity index is 2.37. The molecular formula is C17H23NO4. The Bertz CT molecular complexity index is 511. The zero-order valence-electron chi connectivity index (χ0n) is 13.0. The maximum Gasteiger partial charge on any atom is 0.308 e. The van der Waals surface area contributed by atoms with Crippen LogP contribution < -0.4 is 5.32 Å². The number of amides is 1. The zero-order chi connectivity index (χ0) is 16.5. The van der Waals surface area contributed by atoms with E-state index >= 15 is 0 Å². The monoisotopic (exact) mass is 305 g/mol. The summed E-state index contributed by atoms with van der Waals surface area (Å²) < 4.78 is 0. The lowest BCUT2D eigenvalue weighted by atomic mass is 9.97. The third-order valence-electron chi connectivity index (χ3n) is 3.33. The van der Waals surface area contributed by atoms with Crippen LogP contribution in [0.1, 0.15) is 43.5 Å². The van der Waals surface area contributed by atoms with Crippen LogP contribution >= 0.6 is 0 Å². The first-order chi connectivity index (χ1) is 10.4. The van der Waals surface area contributed by atoms with Crippen molar-refractivity contribution in [3.05, 3.63) is 35.9 Å². The summed E-state index contributed by atoms with van der Waals surface area (Å²) in [6.45, 7) is 3.98. The second-order valence-electron chi connectivity index (χ2n) is 5.76. The summed E-state index contributed by atoms with van der Waals surface area (Å²) in [6, 6.07) is 8.80. The van der Waals surface area contributed by atoms with Crippen LogP contribution in [0.3, 0.4) is 0 Å². The fraction of sp³-hybridized carbons (Fsp3) is 0.471. The SMILES string of the molecule is CC(C)CC(CNC(=O)CCC(=O)c1ccccc1)C(=O)O. The molecule has 0 saturated carbocycles. The first-order valence-corrected chi connectivity index (χ1v) is 7.48. The highest BCUT2D eigenvalue weighted by Gasteiger charge is 2.19. The average molecular weight is 305 g/mol. The number of hydrogen-bond donors (Lipinski definition) is 2. The van der Waals surface area contributed by atoms with Gasteiger partial charge in [0.2, 0.25) is 5.91 Å². The Morgan fingerprint density at radius 1 is 1.09 bits per heavy atom. The van der Waals surface area contributed by atoms with Crippen molar-refractivity contribution in [2.75, 3.05) is 6.54 Å². The molecule has 0 spiro atoms. The molecule has 0 bridgehead atoms. The van der Waals surface area contributed by atoms with Crippen LogP contribution in [-0.2, 0) is 9.59 Å². The van der Waals surface area contributed by atoms with E-state index < -0.39 is 11.9 Å². The van der Waals surface area contributed by atoms with Crippen molar-refractivity contribution < 1.29 is 19.5 Å². The third-order valence-corrected chi connectivity index (χ3v) is 3.33.